The molecule has 0 spiro atoms. The number of hydrogen-bond acceptors (Lipinski definition) is 3. The van der Waals surface area contributed by atoms with Gasteiger partial charge < -0.3 is 9.88 Å². The summed E-state index contributed by atoms with van der Waals surface area (Å²) >= 11 is 0. The average molecular weight is 214 g/mol. The van der Waals surface area contributed by atoms with Crippen LogP contribution in [0.5, 0.6) is 0 Å². The van der Waals surface area contributed by atoms with Crippen LogP contribution in [0, 0.1) is 6.92 Å². The Bertz CT molecular complexity index is 489. The summed E-state index contributed by atoms with van der Waals surface area (Å²) < 4.78 is 2.17. The Morgan fingerprint density at radius 2 is 2.19 bits per heavy atom. The summed E-state index contributed by atoms with van der Waals surface area (Å²) in [7, 11) is 0. The molecule has 0 aromatic carbocycles. The van der Waals surface area contributed by atoms with Gasteiger partial charge in [0.05, 0.1) is 11.7 Å². The molecule has 1 atom stereocenters. The van der Waals surface area contributed by atoms with Gasteiger partial charge in [0, 0.05) is 25.1 Å². The second kappa shape index (κ2) is 3.63. The van der Waals surface area contributed by atoms with E-state index in [1.807, 2.05) is 19.3 Å². The molecule has 16 heavy (non-hydrogen) atoms. The zero-order valence-electron chi connectivity index (χ0n) is 9.22. The van der Waals surface area contributed by atoms with Crippen LogP contribution in [-0.2, 0) is 6.54 Å². The Morgan fingerprint density at radius 1 is 1.38 bits per heavy atom. The molecule has 4 heteroatoms. The largest absolute Gasteiger partial charge is 0.349 e. The molecular formula is C12H14N4. The summed E-state index contributed by atoms with van der Waals surface area (Å²) in [6, 6.07) is 4.48. The van der Waals surface area contributed by atoms with E-state index in [2.05, 4.69) is 38.2 Å². The Balaban J connectivity index is 1.88. The molecule has 3 heterocycles. The van der Waals surface area contributed by atoms with E-state index in [1.54, 1.807) is 0 Å². The minimum absolute atomic E-state index is 0.359. The number of fused-ring (bicyclic) bond motifs is 1. The summed E-state index contributed by atoms with van der Waals surface area (Å²) in [5.41, 5.74) is 2.35. The van der Waals surface area contributed by atoms with Gasteiger partial charge in [0.25, 0.3) is 0 Å². The smallest absolute Gasteiger partial charge is 0.203 e. The first-order valence-corrected chi connectivity index (χ1v) is 5.53. The molecule has 1 N–H and O–H groups in total. The van der Waals surface area contributed by atoms with E-state index in [1.165, 1.54) is 5.56 Å². The lowest BCUT2D eigenvalue weighted by atomic mass is 10.0. The molecule has 3 rings (SSSR count). The lowest BCUT2D eigenvalue weighted by molar-refractivity contribution is 0.542. The second-order valence-corrected chi connectivity index (χ2v) is 4.17. The van der Waals surface area contributed by atoms with Crippen molar-refractivity contribution >= 4 is 5.95 Å². The molecule has 0 aliphatic carbocycles. The minimum Gasteiger partial charge on any atom is -0.349 e. The molecule has 1 aliphatic rings. The predicted octanol–water partition coefficient (Wildman–Crippen LogP) is 2.14. The van der Waals surface area contributed by atoms with Crippen LogP contribution in [0.2, 0.25) is 0 Å². The Labute approximate surface area is 94.4 Å². The van der Waals surface area contributed by atoms with Crippen molar-refractivity contribution in [1.82, 2.24) is 14.5 Å². The zero-order chi connectivity index (χ0) is 11.0. The molecule has 1 aliphatic heterocycles. The van der Waals surface area contributed by atoms with Gasteiger partial charge in [-0.25, -0.2) is 4.98 Å². The molecular weight excluding hydrogens is 200 g/mol. The quantitative estimate of drug-likeness (QED) is 0.791. The van der Waals surface area contributed by atoms with Gasteiger partial charge in [0.1, 0.15) is 0 Å². The number of imidazole rings is 1. The SMILES string of the molecule is Cc1cn2c(n1)NC(c1ccncc1)CC2. The maximum atomic E-state index is 4.46. The van der Waals surface area contributed by atoms with E-state index >= 15 is 0 Å². The number of aryl methyl sites for hydroxylation is 2. The molecule has 82 valence electrons. The van der Waals surface area contributed by atoms with Crippen LogP contribution < -0.4 is 5.32 Å². The lowest BCUT2D eigenvalue weighted by Gasteiger charge is -2.25. The first-order chi connectivity index (χ1) is 7.83. The normalized spacial score (nSPS) is 18.9. The van der Waals surface area contributed by atoms with Crippen LogP contribution in [0.1, 0.15) is 23.7 Å². The van der Waals surface area contributed by atoms with Gasteiger partial charge in [-0.05, 0) is 31.0 Å². The van der Waals surface area contributed by atoms with Gasteiger partial charge in [-0.2, -0.15) is 0 Å². The van der Waals surface area contributed by atoms with E-state index < -0.39 is 0 Å². The van der Waals surface area contributed by atoms with E-state index in [4.69, 9.17) is 0 Å². The van der Waals surface area contributed by atoms with Crippen LogP contribution in [0.3, 0.4) is 0 Å². The molecule has 4 nitrogen and oxygen atoms in total. The van der Waals surface area contributed by atoms with E-state index in [0.717, 1.165) is 24.6 Å². The number of nitrogens with zero attached hydrogens (tertiary/aromatic N) is 3. The summed E-state index contributed by atoms with van der Waals surface area (Å²) in [5.74, 6) is 0.977. The highest BCUT2D eigenvalue weighted by Crippen LogP contribution is 2.27. The zero-order valence-corrected chi connectivity index (χ0v) is 9.22. The fraction of sp³-hybridized carbons (Fsp3) is 0.333. The third-order valence-electron chi connectivity index (χ3n) is 2.97. The van der Waals surface area contributed by atoms with Gasteiger partial charge >= 0.3 is 0 Å². The van der Waals surface area contributed by atoms with Gasteiger partial charge in [0.15, 0.2) is 0 Å². The maximum absolute atomic E-state index is 4.46. The number of hydrogen-bond donors (Lipinski definition) is 1. The third kappa shape index (κ3) is 1.56. The van der Waals surface area contributed by atoms with Crippen LogP contribution in [-0.4, -0.2) is 14.5 Å². The molecule has 0 radical (unpaired) electrons. The number of pyridine rings is 1. The van der Waals surface area contributed by atoms with Gasteiger partial charge in [-0.15, -0.1) is 0 Å². The van der Waals surface area contributed by atoms with E-state index in [9.17, 15) is 0 Å². The van der Waals surface area contributed by atoms with Crippen molar-refractivity contribution in [3.05, 3.63) is 42.0 Å². The lowest BCUT2D eigenvalue weighted by Crippen LogP contribution is -2.21. The average Bonchev–Trinajstić information content (AvgIpc) is 2.69. The summed E-state index contributed by atoms with van der Waals surface area (Å²) in [4.78, 5) is 8.50. The van der Waals surface area contributed by atoms with Crippen molar-refractivity contribution < 1.29 is 0 Å². The molecule has 0 bridgehead atoms. The van der Waals surface area contributed by atoms with Gasteiger partial charge in [-0.3, -0.25) is 4.98 Å². The topological polar surface area (TPSA) is 42.7 Å². The standard InChI is InChI=1S/C12H14N4/c1-9-8-16-7-4-11(15-12(16)14-9)10-2-5-13-6-3-10/h2-3,5-6,8,11H,4,7H2,1H3,(H,14,15). The fourth-order valence-corrected chi connectivity index (χ4v) is 2.17. The third-order valence-corrected chi connectivity index (χ3v) is 2.97. The van der Waals surface area contributed by atoms with Crippen LogP contribution in [0.25, 0.3) is 0 Å². The van der Waals surface area contributed by atoms with Crippen molar-refractivity contribution in [2.24, 2.45) is 0 Å². The molecule has 0 saturated carbocycles. The monoisotopic (exact) mass is 214 g/mol. The van der Waals surface area contributed by atoms with E-state index in [-0.39, 0.29) is 0 Å². The van der Waals surface area contributed by atoms with Gasteiger partial charge in [0.2, 0.25) is 5.95 Å². The van der Waals surface area contributed by atoms with Gasteiger partial charge in [-0.1, -0.05) is 0 Å². The molecule has 1 unspecified atom stereocenters. The number of rotatable bonds is 1. The Kier molecular flexibility index (Phi) is 2.13. The molecule has 0 amide bonds. The Hall–Kier alpha value is -1.84. The summed E-state index contributed by atoms with van der Waals surface area (Å²) in [5, 5.41) is 3.46. The summed E-state index contributed by atoms with van der Waals surface area (Å²) in [6.45, 7) is 3.05. The first kappa shape index (κ1) is 9.39. The van der Waals surface area contributed by atoms with Crippen molar-refractivity contribution in [1.29, 1.82) is 0 Å². The highest BCUT2D eigenvalue weighted by molar-refractivity contribution is 5.36. The molecule has 0 saturated heterocycles. The van der Waals surface area contributed by atoms with Crippen molar-refractivity contribution in [2.75, 3.05) is 5.32 Å². The highest BCUT2D eigenvalue weighted by atomic mass is 15.2. The van der Waals surface area contributed by atoms with Crippen LogP contribution in [0.4, 0.5) is 5.95 Å². The number of nitrogens with one attached hydrogen (secondary N) is 1. The highest BCUT2D eigenvalue weighted by Gasteiger charge is 2.19. The fourth-order valence-electron chi connectivity index (χ4n) is 2.17. The number of aromatic nitrogens is 3. The molecule has 2 aromatic heterocycles. The van der Waals surface area contributed by atoms with E-state index in [0.29, 0.717) is 6.04 Å². The van der Waals surface area contributed by atoms with Crippen molar-refractivity contribution in [3.63, 3.8) is 0 Å². The minimum atomic E-state index is 0.359. The van der Waals surface area contributed by atoms with Crippen LogP contribution >= 0.6 is 0 Å². The molecule has 2 aromatic rings. The Morgan fingerprint density at radius 3 is 3.00 bits per heavy atom. The molecule has 0 fully saturated rings. The van der Waals surface area contributed by atoms with Crippen LogP contribution in [0.15, 0.2) is 30.7 Å². The maximum Gasteiger partial charge on any atom is 0.203 e. The van der Waals surface area contributed by atoms with Crippen molar-refractivity contribution in [3.8, 4) is 0 Å². The second-order valence-electron chi connectivity index (χ2n) is 4.17. The summed E-state index contributed by atoms with van der Waals surface area (Å²) in [6.07, 6.45) is 6.85. The first-order valence-electron chi connectivity index (χ1n) is 5.53. The number of anilines is 1. The van der Waals surface area contributed by atoms with Crippen molar-refractivity contribution in [2.45, 2.75) is 25.9 Å². The predicted molar refractivity (Wildman–Crippen MR) is 62.2 cm³/mol.